The van der Waals surface area contributed by atoms with Gasteiger partial charge in [-0.3, -0.25) is 0 Å². The maximum Gasteiger partial charge on any atom is 0.00612 e. The molecule has 0 spiro atoms. The molecule has 0 aliphatic carbocycles. The lowest BCUT2D eigenvalue weighted by atomic mass is 9.87. The standard InChI is InChI=1S/C13H30N2/c1-6-12(2)15(5)10-8-7-9-13(3,4)11-14/h12H,6-11,14H2,1-5H3. The third-order valence-electron chi connectivity index (χ3n) is 3.51. The monoisotopic (exact) mass is 214 g/mol. The lowest BCUT2D eigenvalue weighted by Crippen LogP contribution is -2.29. The molecular formula is C13H30N2. The molecule has 0 aliphatic rings. The minimum Gasteiger partial charge on any atom is -0.330 e. The van der Waals surface area contributed by atoms with Crippen molar-refractivity contribution in [1.82, 2.24) is 4.90 Å². The Kier molecular flexibility index (Phi) is 7.20. The highest BCUT2D eigenvalue weighted by molar-refractivity contribution is 4.69. The van der Waals surface area contributed by atoms with E-state index in [1.54, 1.807) is 0 Å². The number of hydrogen-bond acceptors (Lipinski definition) is 2. The van der Waals surface area contributed by atoms with Crippen molar-refractivity contribution >= 4 is 0 Å². The van der Waals surface area contributed by atoms with Crippen LogP contribution >= 0.6 is 0 Å². The van der Waals surface area contributed by atoms with E-state index in [0.29, 0.717) is 11.5 Å². The van der Waals surface area contributed by atoms with E-state index in [1.165, 1.54) is 32.2 Å². The molecular weight excluding hydrogens is 184 g/mol. The summed E-state index contributed by atoms with van der Waals surface area (Å²) in [4.78, 5) is 2.45. The predicted octanol–water partition coefficient (Wildman–Crippen LogP) is 2.87. The molecule has 92 valence electrons. The average molecular weight is 214 g/mol. The molecule has 0 fully saturated rings. The van der Waals surface area contributed by atoms with Crippen LogP contribution in [0.4, 0.5) is 0 Å². The predicted molar refractivity (Wildman–Crippen MR) is 69.1 cm³/mol. The maximum atomic E-state index is 5.71. The van der Waals surface area contributed by atoms with E-state index in [1.807, 2.05) is 0 Å². The fourth-order valence-electron chi connectivity index (χ4n) is 1.60. The third-order valence-corrected chi connectivity index (χ3v) is 3.51. The highest BCUT2D eigenvalue weighted by atomic mass is 15.1. The molecule has 0 amide bonds. The van der Waals surface area contributed by atoms with Crippen LogP contribution in [0.1, 0.15) is 53.4 Å². The van der Waals surface area contributed by atoms with Crippen LogP contribution < -0.4 is 5.73 Å². The van der Waals surface area contributed by atoms with Crippen molar-refractivity contribution in [2.75, 3.05) is 20.1 Å². The van der Waals surface area contributed by atoms with Gasteiger partial charge in [0.1, 0.15) is 0 Å². The fraction of sp³-hybridized carbons (Fsp3) is 1.00. The van der Waals surface area contributed by atoms with Gasteiger partial charge in [0.2, 0.25) is 0 Å². The Bertz CT molecular complexity index is 155. The molecule has 1 atom stereocenters. The van der Waals surface area contributed by atoms with Gasteiger partial charge in [0.15, 0.2) is 0 Å². The maximum absolute atomic E-state index is 5.71. The number of nitrogens with zero attached hydrogens (tertiary/aromatic N) is 1. The van der Waals surface area contributed by atoms with E-state index in [0.717, 1.165) is 6.54 Å². The largest absolute Gasteiger partial charge is 0.330 e. The smallest absolute Gasteiger partial charge is 0.00612 e. The zero-order valence-electron chi connectivity index (χ0n) is 11.3. The average Bonchev–Trinajstić information content (AvgIpc) is 2.22. The molecule has 0 saturated carbocycles. The van der Waals surface area contributed by atoms with Crippen molar-refractivity contribution in [3.05, 3.63) is 0 Å². The third kappa shape index (κ3) is 6.91. The summed E-state index contributed by atoms with van der Waals surface area (Å²) in [5.41, 5.74) is 6.04. The zero-order valence-corrected chi connectivity index (χ0v) is 11.3. The van der Waals surface area contributed by atoms with E-state index in [9.17, 15) is 0 Å². The molecule has 0 radical (unpaired) electrons. The minimum atomic E-state index is 0.328. The quantitative estimate of drug-likeness (QED) is 0.630. The lowest BCUT2D eigenvalue weighted by Gasteiger charge is -2.25. The SMILES string of the molecule is CCC(C)N(C)CCCCC(C)(C)CN. The molecule has 0 aromatic carbocycles. The topological polar surface area (TPSA) is 29.3 Å². The van der Waals surface area contributed by atoms with Gasteiger partial charge < -0.3 is 10.6 Å². The second-order valence-electron chi connectivity index (χ2n) is 5.56. The molecule has 0 saturated heterocycles. The normalized spacial score (nSPS) is 14.6. The van der Waals surface area contributed by atoms with E-state index in [-0.39, 0.29) is 0 Å². The molecule has 0 aliphatic heterocycles. The van der Waals surface area contributed by atoms with E-state index in [2.05, 4.69) is 39.6 Å². The van der Waals surface area contributed by atoms with Gasteiger partial charge in [-0.1, -0.05) is 27.2 Å². The second kappa shape index (κ2) is 7.24. The molecule has 0 aromatic heterocycles. The van der Waals surface area contributed by atoms with E-state index in [4.69, 9.17) is 5.73 Å². The van der Waals surface area contributed by atoms with Crippen LogP contribution in [0.2, 0.25) is 0 Å². The summed E-state index contributed by atoms with van der Waals surface area (Å²) < 4.78 is 0. The van der Waals surface area contributed by atoms with Gasteiger partial charge in [0, 0.05) is 6.04 Å². The van der Waals surface area contributed by atoms with Crippen LogP contribution in [-0.2, 0) is 0 Å². The molecule has 1 unspecified atom stereocenters. The lowest BCUT2D eigenvalue weighted by molar-refractivity contribution is 0.238. The summed E-state index contributed by atoms with van der Waals surface area (Å²) in [6.45, 7) is 11.1. The number of hydrogen-bond donors (Lipinski definition) is 1. The van der Waals surface area contributed by atoms with Crippen LogP contribution in [0, 0.1) is 5.41 Å². The first-order valence-corrected chi connectivity index (χ1v) is 6.33. The van der Waals surface area contributed by atoms with Crippen LogP contribution in [0.25, 0.3) is 0 Å². The summed E-state index contributed by atoms with van der Waals surface area (Å²) >= 11 is 0. The van der Waals surface area contributed by atoms with Gasteiger partial charge in [-0.2, -0.15) is 0 Å². The zero-order chi connectivity index (χ0) is 11.9. The Morgan fingerprint density at radius 3 is 2.33 bits per heavy atom. The Morgan fingerprint density at radius 2 is 1.87 bits per heavy atom. The van der Waals surface area contributed by atoms with Crippen molar-refractivity contribution in [2.45, 2.75) is 59.4 Å². The fourth-order valence-corrected chi connectivity index (χ4v) is 1.60. The van der Waals surface area contributed by atoms with Crippen LogP contribution in [0.5, 0.6) is 0 Å². The van der Waals surface area contributed by atoms with Crippen LogP contribution in [0.3, 0.4) is 0 Å². The molecule has 2 nitrogen and oxygen atoms in total. The molecule has 0 aromatic rings. The summed E-state index contributed by atoms with van der Waals surface area (Å²) in [6.07, 6.45) is 5.08. The summed E-state index contributed by atoms with van der Waals surface area (Å²) in [5.74, 6) is 0. The van der Waals surface area contributed by atoms with Gasteiger partial charge in [0.05, 0.1) is 0 Å². The molecule has 0 bridgehead atoms. The summed E-state index contributed by atoms with van der Waals surface area (Å²) in [6, 6.07) is 0.715. The van der Waals surface area contributed by atoms with Crippen molar-refractivity contribution in [3.8, 4) is 0 Å². The van der Waals surface area contributed by atoms with Crippen molar-refractivity contribution in [1.29, 1.82) is 0 Å². The molecule has 2 N–H and O–H groups in total. The highest BCUT2D eigenvalue weighted by Gasteiger charge is 2.14. The number of rotatable bonds is 8. The highest BCUT2D eigenvalue weighted by Crippen LogP contribution is 2.21. The van der Waals surface area contributed by atoms with Gasteiger partial charge in [-0.15, -0.1) is 0 Å². The second-order valence-corrected chi connectivity index (χ2v) is 5.56. The summed E-state index contributed by atoms with van der Waals surface area (Å²) in [7, 11) is 2.22. The first kappa shape index (κ1) is 14.9. The minimum absolute atomic E-state index is 0.328. The molecule has 0 rings (SSSR count). The van der Waals surface area contributed by atoms with Gasteiger partial charge >= 0.3 is 0 Å². The van der Waals surface area contributed by atoms with Crippen LogP contribution in [0.15, 0.2) is 0 Å². The summed E-state index contributed by atoms with van der Waals surface area (Å²) in [5, 5.41) is 0. The Hall–Kier alpha value is -0.0800. The molecule has 2 heteroatoms. The number of unbranched alkanes of at least 4 members (excludes halogenated alkanes) is 1. The van der Waals surface area contributed by atoms with Crippen molar-refractivity contribution in [3.63, 3.8) is 0 Å². The first-order valence-electron chi connectivity index (χ1n) is 6.33. The first-order chi connectivity index (χ1) is 6.93. The Morgan fingerprint density at radius 1 is 1.27 bits per heavy atom. The van der Waals surface area contributed by atoms with E-state index < -0.39 is 0 Å². The van der Waals surface area contributed by atoms with Gasteiger partial charge in [0.25, 0.3) is 0 Å². The van der Waals surface area contributed by atoms with Crippen LogP contribution in [-0.4, -0.2) is 31.1 Å². The number of nitrogens with two attached hydrogens (primary N) is 1. The van der Waals surface area contributed by atoms with E-state index >= 15 is 0 Å². The van der Waals surface area contributed by atoms with Crippen molar-refractivity contribution in [2.24, 2.45) is 11.1 Å². The molecule has 0 heterocycles. The molecule has 15 heavy (non-hydrogen) atoms. The Balaban J connectivity index is 3.54. The van der Waals surface area contributed by atoms with Crippen molar-refractivity contribution < 1.29 is 0 Å². The van der Waals surface area contributed by atoms with Gasteiger partial charge in [-0.05, 0) is 51.7 Å². The Labute approximate surface area is 96.2 Å². The van der Waals surface area contributed by atoms with Gasteiger partial charge in [-0.25, -0.2) is 0 Å².